The van der Waals surface area contributed by atoms with Crippen molar-refractivity contribution >= 4 is 47.0 Å². The van der Waals surface area contributed by atoms with Gasteiger partial charge in [-0.25, -0.2) is 9.97 Å². The van der Waals surface area contributed by atoms with Gasteiger partial charge in [-0.3, -0.25) is 23.9 Å². The molecule has 0 radical (unpaired) electrons. The number of hydrogen-bond acceptors (Lipinski definition) is 9. The van der Waals surface area contributed by atoms with Crippen molar-refractivity contribution in [3.63, 3.8) is 0 Å². The summed E-state index contributed by atoms with van der Waals surface area (Å²) in [5, 5.41) is 10.7. The van der Waals surface area contributed by atoms with Crippen molar-refractivity contribution in [1.82, 2.24) is 34.8 Å². The van der Waals surface area contributed by atoms with Crippen LogP contribution < -0.4 is 21.1 Å². The van der Waals surface area contributed by atoms with E-state index in [-0.39, 0.29) is 63.2 Å². The molecule has 42 heavy (non-hydrogen) atoms. The lowest BCUT2D eigenvalue weighted by Crippen LogP contribution is -2.46. The molecule has 13 nitrogen and oxygen atoms in total. The Bertz CT molecular complexity index is 1670. The van der Waals surface area contributed by atoms with Crippen molar-refractivity contribution in [2.75, 3.05) is 18.4 Å². The lowest BCUT2D eigenvalue weighted by atomic mass is 10.1. The highest BCUT2D eigenvalue weighted by molar-refractivity contribution is 6.36. The Kier molecular flexibility index (Phi) is 7.74. The molecule has 5 N–H and O–H groups in total. The molecule has 2 amide bonds. The number of benzene rings is 1. The second-order valence-corrected chi connectivity index (χ2v) is 9.82. The van der Waals surface area contributed by atoms with Crippen molar-refractivity contribution in [2.24, 2.45) is 5.73 Å². The van der Waals surface area contributed by atoms with Gasteiger partial charge in [0.15, 0.2) is 17.2 Å². The van der Waals surface area contributed by atoms with Crippen LogP contribution in [0.4, 0.5) is 24.7 Å². The second-order valence-electron chi connectivity index (χ2n) is 9.44. The number of ether oxygens (including phenoxy) is 1. The number of nitrogens with zero attached hydrogens (tertiary/aromatic N) is 5. The number of nitrogens with one attached hydrogen (secondary N) is 3. The first-order valence-electron chi connectivity index (χ1n) is 12.5. The van der Waals surface area contributed by atoms with Crippen LogP contribution in [0.1, 0.15) is 29.4 Å². The minimum atomic E-state index is -4.68. The molecule has 0 aliphatic carbocycles. The fourth-order valence-electron chi connectivity index (χ4n) is 4.62. The smallest absolute Gasteiger partial charge is 0.425 e. The lowest BCUT2D eigenvalue weighted by Gasteiger charge is -2.22. The number of likely N-dealkylation sites (tertiary alicyclic amines) is 1. The number of halogens is 4. The Balaban J connectivity index is 1.42. The van der Waals surface area contributed by atoms with E-state index in [1.54, 1.807) is 4.90 Å². The summed E-state index contributed by atoms with van der Waals surface area (Å²) in [6.07, 6.45) is 0.987. The summed E-state index contributed by atoms with van der Waals surface area (Å²) in [6, 6.07) is 1.74. The predicted molar refractivity (Wildman–Crippen MR) is 143 cm³/mol. The molecule has 3 aromatic heterocycles. The molecule has 5 rings (SSSR count). The van der Waals surface area contributed by atoms with Crippen LogP contribution in [-0.4, -0.2) is 72.9 Å². The first kappa shape index (κ1) is 28.8. The van der Waals surface area contributed by atoms with E-state index in [0.29, 0.717) is 19.5 Å². The number of fused-ring (bicyclic) bond motifs is 1. The highest BCUT2D eigenvalue weighted by atomic mass is 35.5. The van der Waals surface area contributed by atoms with Gasteiger partial charge < -0.3 is 26.0 Å². The number of carbonyl (C=O) groups excluding carboxylic acids is 3. The van der Waals surface area contributed by atoms with Crippen molar-refractivity contribution in [1.29, 1.82) is 0 Å². The zero-order valence-electron chi connectivity index (χ0n) is 21.8. The van der Waals surface area contributed by atoms with Crippen LogP contribution in [-0.2, 0) is 15.8 Å². The van der Waals surface area contributed by atoms with Gasteiger partial charge in [0, 0.05) is 31.5 Å². The molecule has 0 unspecified atom stereocenters. The Labute approximate surface area is 240 Å². The molecule has 1 saturated heterocycles. The average molecular weight is 606 g/mol. The van der Waals surface area contributed by atoms with Gasteiger partial charge in [-0.05, 0) is 25.5 Å². The van der Waals surface area contributed by atoms with Crippen LogP contribution in [0.5, 0.6) is 5.75 Å². The number of rotatable bonds is 8. The number of imidazole rings is 1. The van der Waals surface area contributed by atoms with Crippen LogP contribution in [0, 0.1) is 0 Å². The average Bonchev–Trinajstić information content (AvgIpc) is 3.69. The first-order chi connectivity index (χ1) is 20.0. The Morgan fingerprint density at radius 2 is 2.07 bits per heavy atom. The first-order valence-corrected chi connectivity index (χ1v) is 12.9. The van der Waals surface area contributed by atoms with Crippen molar-refractivity contribution in [3.05, 3.63) is 53.2 Å². The standard InChI is InChI=1S/C25H23ClF3N9O4/c1-12(24(41)37-6-4-13(30)10-37)34-23(40)14-2-3-16(19(18(14)26)42-11-39)35-21-22-32-9-17(38(22)7-5-31-21)15-8-33-36-20(15)25(27,28)29/h2-3,5,7-9,11-13H,4,6,10,30H2,1H3,(H,31,35)(H,33,36)(H,34,40)/t12-,13-/m1/s1. The van der Waals surface area contributed by atoms with Crippen molar-refractivity contribution in [3.8, 4) is 17.0 Å². The van der Waals surface area contributed by atoms with E-state index in [1.165, 1.54) is 42.0 Å². The largest absolute Gasteiger partial charge is 0.433 e. The molecule has 4 aromatic rings. The lowest BCUT2D eigenvalue weighted by molar-refractivity contribution is -0.140. The van der Waals surface area contributed by atoms with E-state index in [1.807, 2.05) is 5.10 Å². The van der Waals surface area contributed by atoms with Gasteiger partial charge in [-0.1, -0.05) is 11.6 Å². The van der Waals surface area contributed by atoms with E-state index >= 15 is 0 Å². The van der Waals surface area contributed by atoms with Gasteiger partial charge in [-0.2, -0.15) is 18.3 Å². The molecule has 0 bridgehead atoms. The highest BCUT2D eigenvalue weighted by Crippen LogP contribution is 2.39. The molecule has 220 valence electrons. The summed E-state index contributed by atoms with van der Waals surface area (Å²) < 4.78 is 46.8. The van der Waals surface area contributed by atoms with Crippen molar-refractivity contribution < 1.29 is 32.3 Å². The minimum Gasteiger partial charge on any atom is -0.425 e. The zero-order chi connectivity index (χ0) is 30.2. The van der Waals surface area contributed by atoms with E-state index in [9.17, 15) is 27.6 Å². The fourth-order valence-corrected chi connectivity index (χ4v) is 4.92. The molecule has 4 heterocycles. The number of alkyl halides is 3. The Morgan fingerprint density at radius 3 is 2.76 bits per heavy atom. The molecular weight excluding hydrogens is 583 g/mol. The maximum absolute atomic E-state index is 13.4. The van der Waals surface area contributed by atoms with E-state index in [4.69, 9.17) is 22.1 Å². The summed E-state index contributed by atoms with van der Waals surface area (Å²) in [4.78, 5) is 47.0. The number of aromatic nitrogens is 5. The second kappa shape index (κ2) is 11.3. The van der Waals surface area contributed by atoms with Gasteiger partial charge in [0.2, 0.25) is 5.91 Å². The van der Waals surface area contributed by atoms with Crippen LogP contribution in [0.25, 0.3) is 16.9 Å². The van der Waals surface area contributed by atoms with Gasteiger partial charge in [-0.15, -0.1) is 0 Å². The van der Waals surface area contributed by atoms with Crippen LogP contribution in [0.15, 0.2) is 36.9 Å². The van der Waals surface area contributed by atoms with E-state index < -0.39 is 23.8 Å². The maximum Gasteiger partial charge on any atom is 0.433 e. The van der Waals surface area contributed by atoms with Gasteiger partial charge in [0.1, 0.15) is 11.7 Å². The summed E-state index contributed by atoms with van der Waals surface area (Å²) in [7, 11) is 0. The third-order valence-electron chi connectivity index (χ3n) is 6.64. The van der Waals surface area contributed by atoms with Crippen molar-refractivity contribution in [2.45, 2.75) is 31.6 Å². The number of aromatic amines is 1. The zero-order valence-corrected chi connectivity index (χ0v) is 22.5. The number of carbonyl (C=O) groups is 3. The molecule has 1 aliphatic heterocycles. The van der Waals surface area contributed by atoms with Crippen LogP contribution >= 0.6 is 11.6 Å². The van der Waals surface area contributed by atoms with Gasteiger partial charge >= 0.3 is 6.18 Å². The molecule has 2 atom stereocenters. The number of hydrogen-bond donors (Lipinski definition) is 4. The van der Waals surface area contributed by atoms with Crippen LogP contribution in [0.2, 0.25) is 5.02 Å². The Hall–Kier alpha value is -4.70. The number of H-pyrrole nitrogens is 1. The summed E-state index contributed by atoms with van der Waals surface area (Å²) in [5.74, 6) is -1.14. The topological polar surface area (TPSA) is 173 Å². The summed E-state index contributed by atoms with van der Waals surface area (Å²) in [5.41, 5.74) is 4.84. The third-order valence-corrected chi connectivity index (χ3v) is 7.02. The number of nitrogens with two attached hydrogens (primary N) is 1. The maximum atomic E-state index is 13.4. The normalized spacial score (nSPS) is 16.0. The molecule has 0 saturated carbocycles. The molecule has 0 spiro atoms. The molecule has 1 fully saturated rings. The third kappa shape index (κ3) is 5.45. The molecular formula is C25H23ClF3N9O4. The summed E-state index contributed by atoms with van der Waals surface area (Å²) in [6.45, 7) is 2.52. The van der Waals surface area contributed by atoms with E-state index in [2.05, 4.69) is 25.7 Å². The fraction of sp³-hybridized carbons (Fsp3) is 0.280. The molecule has 1 aliphatic rings. The molecule has 1 aromatic carbocycles. The number of anilines is 2. The highest BCUT2D eigenvalue weighted by Gasteiger charge is 2.37. The monoisotopic (exact) mass is 605 g/mol. The molecule has 17 heteroatoms. The minimum absolute atomic E-state index is 0.0767. The quantitative estimate of drug-likeness (QED) is 0.220. The predicted octanol–water partition coefficient (Wildman–Crippen LogP) is 2.75. The van der Waals surface area contributed by atoms with Crippen LogP contribution in [0.3, 0.4) is 0 Å². The van der Waals surface area contributed by atoms with E-state index in [0.717, 1.165) is 6.20 Å². The Morgan fingerprint density at radius 1 is 1.29 bits per heavy atom. The number of amides is 2. The summed E-state index contributed by atoms with van der Waals surface area (Å²) >= 11 is 6.46. The SMILES string of the molecule is C[C@@H](NC(=O)c1ccc(Nc2nccn3c(-c4cn[nH]c4C(F)(F)F)cnc23)c(OC=O)c1Cl)C(=O)N1CC[C@@H](N)C1. The van der Waals surface area contributed by atoms with Gasteiger partial charge in [0.05, 0.1) is 39.9 Å². The van der Waals surface area contributed by atoms with Gasteiger partial charge in [0.25, 0.3) is 12.4 Å².